The third-order valence-corrected chi connectivity index (χ3v) is 21.5. The SMILES string of the molecule is CC1(C)O[C@@H]2CC[C@@H](CO[Si](c3ccccc3)(c3ccccc3)C(C)(C)C)C3CCC[C@](O)(CCCO[Si](C)(C)C(C)(C)C)[C@]32O1. The minimum absolute atomic E-state index is 0.0863. The largest absolute Gasteiger partial charge is 0.417 e. The Morgan fingerprint density at radius 2 is 1.41 bits per heavy atom. The van der Waals surface area contributed by atoms with Crippen molar-refractivity contribution in [3.8, 4) is 0 Å². The van der Waals surface area contributed by atoms with Crippen LogP contribution in [0.2, 0.25) is 23.2 Å². The zero-order valence-corrected chi connectivity index (χ0v) is 32.4. The van der Waals surface area contributed by atoms with Crippen molar-refractivity contribution in [2.75, 3.05) is 13.2 Å². The second-order valence-corrected chi connectivity index (χ2v) is 26.6. The van der Waals surface area contributed by atoms with E-state index >= 15 is 0 Å². The molecule has 0 radical (unpaired) electrons. The zero-order valence-electron chi connectivity index (χ0n) is 30.4. The van der Waals surface area contributed by atoms with Crippen molar-refractivity contribution in [2.24, 2.45) is 11.8 Å². The van der Waals surface area contributed by atoms with Gasteiger partial charge in [0.25, 0.3) is 8.32 Å². The van der Waals surface area contributed by atoms with Gasteiger partial charge in [0.15, 0.2) is 14.1 Å². The molecule has 7 heteroatoms. The maximum Gasteiger partial charge on any atom is 0.261 e. The molecule has 2 aromatic carbocycles. The average molecular weight is 667 g/mol. The number of benzene rings is 2. The van der Waals surface area contributed by atoms with E-state index in [1.807, 2.05) is 13.8 Å². The molecule has 5 atom stereocenters. The predicted octanol–water partition coefficient (Wildman–Crippen LogP) is 8.20. The lowest BCUT2D eigenvalue weighted by molar-refractivity contribution is -0.266. The molecule has 1 saturated heterocycles. The molecule has 256 valence electrons. The lowest BCUT2D eigenvalue weighted by Crippen LogP contribution is -2.70. The second kappa shape index (κ2) is 12.8. The van der Waals surface area contributed by atoms with Gasteiger partial charge >= 0.3 is 0 Å². The lowest BCUT2D eigenvalue weighted by atomic mass is 9.54. The maximum absolute atomic E-state index is 12.8. The number of hydrogen-bond donors (Lipinski definition) is 1. The van der Waals surface area contributed by atoms with E-state index < -0.39 is 33.6 Å². The highest BCUT2D eigenvalue weighted by Gasteiger charge is 2.70. The number of aliphatic hydroxyl groups is 1. The molecular weight excluding hydrogens is 605 g/mol. The number of hydrogen-bond acceptors (Lipinski definition) is 5. The summed E-state index contributed by atoms with van der Waals surface area (Å²) in [5, 5.41) is 15.5. The maximum atomic E-state index is 12.8. The Bertz CT molecular complexity index is 1260. The number of ether oxygens (including phenoxy) is 2. The Hall–Kier alpha value is -1.33. The van der Waals surface area contributed by atoms with Gasteiger partial charge < -0.3 is 23.4 Å². The number of rotatable bonds is 10. The van der Waals surface area contributed by atoms with Gasteiger partial charge in [-0.25, -0.2) is 0 Å². The van der Waals surface area contributed by atoms with Crippen LogP contribution in [0.5, 0.6) is 0 Å². The Labute approximate surface area is 282 Å². The first-order valence-corrected chi connectivity index (χ1v) is 22.7. The fourth-order valence-electron chi connectivity index (χ4n) is 8.85. The highest BCUT2D eigenvalue weighted by atomic mass is 28.4. The fraction of sp³-hybridized carbons (Fsp3) is 0.692. The standard InChI is InChI=1S/C39H62O5Si2/c1-35(2,3)45(9,10)41-28-18-27-38(40)26-17-23-33-30(24-25-34-39(33,38)44-37(7,8)43-34)29-42-46(36(4,5)6,31-19-13-11-14-20-31)32-21-15-12-16-22-32/h11-16,19-22,30,33-34,40H,17-18,23-29H2,1-10H3/t30-,33?,34+,38-,39-/m0/s1. The van der Waals surface area contributed by atoms with Crippen LogP contribution in [0.4, 0.5) is 0 Å². The molecular formula is C39H62O5Si2. The van der Waals surface area contributed by atoms with Crippen molar-refractivity contribution >= 4 is 27.0 Å². The summed E-state index contributed by atoms with van der Waals surface area (Å²) >= 11 is 0. The molecule has 46 heavy (non-hydrogen) atoms. The first-order chi connectivity index (χ1) is 21.4. The Morgan fingerprint density at radius 1 is 0.826 bits per heavy atom. The van der Waals surface area contributed by atoms with Crippen LogP contribution in [0.1, 0.15) is 100 Å². The van der Waals surface area contributed by atoms with Gasteiger partial charge in [0.1, 0.15) is 5.60 Å². The highest BCUT2D eigenvalue weighted by molar-refractivity contribution is 6.99. The van der Waals surface area contributed by atoms with Crippen molar-refractivity contribution in [1.29, 1.82) is 0 Å². The molecule has 1 spiro atoms. The van der Waals surface area contributed by atoms with Crippen LogP contribution in [0, 0.1) is 11.8 Å². The van der Waals surface area contributed by atoms with E-state index in [0.29, 0.717) is 19.6 Å². The fourth-order valence-corrected chi connectivity index (χ4v) is 14.6. The Morgan fingerprint density at radius 3 is 1.96 bits per heavy atom. The molecule has 1 unspecified atom stereocenters. The third kappa shape index (κ3) is 6.39. The van der Waals surface area contributed by atoms with Crippen molar-refractivity contribution in [2.45, 2.75) is 147 Å². The smallest absolute Gasteiger partial charge is 0.261 e. The van der Waals surface area contributed by atoms with E-state index in [1.54, 1.807) is 0 Å². The quantitative estimate of drug-likeness (QED) is 0.205. The minimum atomic E-state index is -2.70. The van der Waals surface area contributed by atoms with Gasteiger partial charge in [-0.15, -0.1) is 0 Å². The summed E-state index contributed by atoms with van der Waals surface area (Å²) in [6.45, 7) is 23.9. The van der Waals surface area contributed by atoms with Crippen LogP contribution in [-0.2, 0) is 18.3 Å². The molecule has 0 bridgehead atoms. The molecule has 1 aliphatic heterocycles. The predicted molar refractivity (Wildman–Crippen MR) is 194 cm³/mol. The van der Waals surface area contributed by atoms with Crippen LogP contribution in [-0.4, -0.2) is 58.0 Å². The van der Waals surface area contributed by atoms with Gasteiger partial charge in [-0.1, -0.05) is 109 Å². The summed E-state index contributed by atoms with van der Waals surface area (Å²) in [7, 11) is -4.56. The zero-order chi connectivity index (χ0) is 33.7. The van der Waals surface area contributed by atoms with Crippen LogP contribution in [0.3, 0.4) is 0 Å². The van der Waals surface area contributed by atoms with Crippen molar-refractivity contribution < 1.29 is 23.4 Å². The topological polar surface area (TPSA) is 57.2 Å². The van der Waals surface area contributed by atoms with Gasteiger partial charge in [0.2, 0.25) is 0 Å². The Balaban J connectivity index is 1.45. The lowest BCUT2D eigenvalue weighted by Gasteiger charge is -2.59. The molecule has 2 aliphatic carbocycles. The normalized spacial score (nSPS) is 30.1. The van der Waals surface area contributed by atoms with E-state index in [0.717, 1.165) is 38.5 Å². The molecule has 0 aromatic heterocycles. The summed E-state index contributed by atoms with van der Waals surface area (Å²) in [5.41, 5.74) is -1.72. The van der Waals surface area contributed by atoms with Gasteiger partial charge in [0.05, 0.1) is 11.7 Å². The van der Waals surface area contributed by atoms with E-state index in [2.05, 4.69) is 115 Å². The van der Waals surface area contributed by atoms with Crippen LogP contribution in [0.15, 0.2) is 60.7 Å². The summed E-state index contributed by atoms with van der Waals surface area (Å²) in [6, 6.07) is 21.9. The molecule has 5 rings (SSSR count). The van der Waals surface area contributed by atoms with Crippen molar-refractivity contribution in [3.63, 3.8) is 0 Å². The van der Waals surface area contributed by atoms with Gasteiger partial charge in [-0.3, -0.25) is 0 Å². The average Bonchev–Trinajstić information content (AvgIpc) is 3.27. The molecule has 3 fully saturated rings. The van der Waals surface area contributed by atoms with E-state index in [9.17, 15) is 5.11 Å². The van der Waals surface area contributed by atoms with Crippen LogP contribution < -0.4 is 10.4 Å². The summed E-state index contributed by atoms with van der Waals surface area (Å²) in [4.78, 5) is 0. The molecule has 1 N–H and O–H groups in total. The van der Waals surface area contributed by atoms with E-state index in [4.69, 9.17) is 18.3 Å². The van der Waals surface area contributed by atoms with E-state index in [1.165, 1.54) is 10.4 Å². The minimum Gasteiger partial charge on any atom is -0.417 e. The van der Waals surface area contributed by atoms with Crippen molar-refractivity contribution in [1.82, 2.24) is 0 Å². The summed E-state index contributed by atoms with van der Waals surface area (Å²) in [5.74, 6) is -0.309. The van der Waals surface area contributed by atoms with Crippen LogP contribution >= 0.6 is 0 Å². The molecule has 2 saturated carbocycles. The van der Waals surface area contributed by atoms with Crippen LogP contribution in [0.25, 0.3) is 0 Å². The molecule has 5 nitrogen and oxygen atoms in total. The molecule has 1 heterocycles. The van der Waals surface area contributed by atoms with E-state index in [-0.39, 0.29) is 28.0 Å². The van der Waals surface area contributed by atoms with Gasteiger partial charge in [-0.05, 0) is 97.8 Å². The summed E-state index contributed by atoms with van der Waals surface area (Å²) in [6.07, 6.45) is 5.99. The first-order valence-electron chi connectivity index (χ1n) is 17.9. The molecule has 3 aliphatic rings. The van der Waals surface area contributed by atoms with Gasteiger partial charge in [-0.2, -0.15) is 0 Å². The molecule has 2 aromatic rings. The summed E-state index contributed by atoms with van der Waals surface area (Å²) < 4.78 is 27.8. The monoisotopic (exact) mass is 666 g/mol. The van der Waals surface area contributed by atoms with Gasteiger partial charge in [0, 0.05) is 13.2 Å². The highest BCUT2D eigenvalue weighted by Crippen LogP contribution is 2.61. The Kier molecular flexibility index (Phi) is 10.0. The van der Waals surface area contributed by atoms with Crippen molar-refractivity contribution in [3.05, 3.63) is 60.7 Å². The first kappa shape index (κ1) is 36.0. The second-order valence-electron chi connectivity index (χ2n) is 17.5. The third-order valence-electron chi connectivity index (χ3n) is 12.0. The molecule has 0 amide bonds.